The van der Waals surface area contributed by atoms with Crippen molar-refractivity contribution >= 4 is 17.7 Å². The molecule has 4 aliphatic rings. The first-order chi connectivity index (χ1) is 18.7. The van der Waals surface area contributed by atoms with Crippen molar-refractivity contribution in [2.24, 2.45) is 0 Å². The third-order valence-electron chi connectivity index (χ3n) is 8.53. The maximum atomic E-state index is 13.5. The zero-order valence-electron chi connectivity index (χ0n) is 21.4. The van der Waals surface area contributed by atoms with Gasteiger partial charge in [0.2, 0.25) is 11.8 Å². The number of imide groups is 1. The molecule has 2 aromatic carbocycles. The largest absolute Gasteiger partial charge is 0.489 e. The van der Waals surface area contributed by atoms with Gasteiger partial charge in [-0.3, -0.25) is 24.6 Å². The van der Waals surface area contributed by atoms with E-state index in [1.807, 2.05) is 6.07 Å². The maximum absolute atomic E-state index is 13.5. The summed E-state index contributed by atoms with van der Waals surface area (Å²) in [5.41, 5.74) is 1.12. The summed E-state index contributed by atoms with van der Waals surface area (Å²) < 4.78 is 47.0. The van der Waals surface area contributed by atoms with Gasteiger partial charge >= 0.3 is 6.18 Å². The summed E-state index contributed by atoms with van der Waals surface area (Å²) in [6.45, 7) is 1.41. The third-order valence-corrected chi connectivity index (χ3v) is 8.53. The molecule has 3 atom stereocenters. The van der Waals surface area contributed by atoms with Crippen molar-refractivity contribution in [3.63, 3.8) is 0 Å². The molecule has 2 saturated heterocycles. The molecule has 0 spiro atoms. The highest BCUT2D eigenvalue weighted by Crippen LogP contribution is 2.41. The van der Waals surface area contributed by atoms with Crippen LogP contribution in [-0.2, 0) is 22.3 Å². The Balaban J connectivity index is 1.12. The summed E-state index contributed by atoms with van der Waals surface area (Å²) in [6.07, 6.45) is -0.120. The minimum Gasteiger partial charge on any atom is -0.489 e. The lowest BCUT2D eigenvalue weighted by molar-refractivity contribution is -0.139. The van der Waals surface area contributed by atoms with Crippen molar-refractivity contribution in [2.75, 3.05) is 13.1 Å². The summed E-state index contributed by atoms with van der Waals surface area (Å²) in [7, 11) is 0. The van der Waals surface area contributed by atoms with E-state index in [0.717, 1.165) is 37.3 Å². The van der Waals surface area contributed by atoms with Crippen LogP contribution in [0, 0.1) is 0 Å². The minimum atomic E-state index is -4.36. The first kappa shape index (κ1) is 25.9. The summed E-state index contributed by atoms with van der Waals surface area (Å²) in [4.78, 5) is 40.6. The van der Waals surface area contributed by atoms with E-state index < -0.39 is 23.7 Å². The van der Waals surface area contributed by atoms with Gasteiger partial charge < -0.3 is 9.64 Å². The monoisotopic (exact) mass is 541 g/mol. The number of benzene rings is 2. The molecule has 3 aliphatic heterocycles. The molecule has 39 heavy (non-hydrogen) atoms. The molecule has 0 bridgehead atoms. The Morgan fingerprint density at radius 3 is 2.49 bits per heavy atom. The SMILES string of the molecule is O=C1CCC(N2Cc3cc(OC4CCCCC4N4CC(c5ccccc5C(F)(F)F)C4)ccc3C2=O)C(=O)N1. The van der Waals surface area contributed by atoms with Gasteiger partial charge in [0.1, 0.15) is 17.9 Å². The number of hydrogen-bond donors (Lipinski definition) is 1. The number of hydrogen-bond acceptors (Lipinski definition) is 5. The number of rotatable bonds is 5. The van der Waals surface area contributed by atoms with E-state index in [2.05, 4.69) is 10.2 Å². The molecule has 3 fully saturated rings. The normalized spacial score (nSPS) is 26.3. The van der Waals surface area contributed by atoms with E-state index in [4.69, 9.17) is 4.74 Å². The number of halogens is 3. The van der Waals surface area contributed by atoms with E-state index in [1.54, 1.807) is 24.3 Å². The summed E-state index contributed by atoms with van der Waals surface area (Å²) in [6, 6.07) is 10.6. The first-order valence-electron chi connectivity index (χ1n) is 13.5. The van der Waals surface area contributed by atoms with E-state index in [0.29, 0.717) is 36.4 Å². The minimum absolute atomic E-state index is 0.0982. The number of carbonyl (C=O) groups excluding carboxylic acids is 3. The van der Waals surface area contributed by atoms with Crippen LogP contribution >= 0.6 is 0 Å². The molecule has 0 aromatic heterocycles. The van der Waals surface area contributed by atoms with Crippen molar-refractivity contribution < 1.29 is 32.3 Å². The maximum Gasteiger partial charge on any atom is 0.416 e. The van der Waals surface area contributed by atoms with Gasteiger partial charge in [-0.25, -0.2) is 0 Å². The Labute approximate surface area is 224 Å². The number of alkyl halides is 3. The van der Waals surface area contributed by atoms with Gasteiger partial charge in [-0.15, -0.1) is 0 Å². The molecule has 3 amide bonds. The van der Waals surface area contributed by atoms with Crippen LogP contribution in [0.4, 0.5) is 13.2 Å². The molecule has 206 valence electrons. The van der Waals surface area contributed by atoms with Gasteiger partial charge in [0.15, 0.2) is 0 Å². The number of nitrogens with one attached hydrogen (secondary N) is 1. The quantitative estimate of drug-likeness (QED) is 0.573. The molecule has 7 nitrogen and oxygen atoms in total. The zero-order valence-corrected chi connectivity index (χ0v) is 21.4. The molecule has 10 heteroatoms. The fourth-order valence-corrected chi connectivity index (χ4v) is 6.52. The molecule has 0 radical (unpaired) electrons. The third kappa shape index (κ3) is 4.90. The molecule has 2 aromatic rings. The van der Waals surface area contributed by atoms with Crippen molar-refractivity contribution in [1.82, 2.24) is 15.1 Å². The average Bonchev–Trinajstić information content (AvgIpc) is 3.19. The topological polar surface area (TPSA) is 79.0 Å². The van der Waals surface area contributed by atoms with Crippen molar-refractivity contribution in [2.45, 2.75) is 75.4 Å². The number of likely N-dealkylation sites (tertiary alicyclic amines) is 1. The second-order valence-corrected chi connectivity index (χ2v) is 11.0. The Kier molecular flexibility index (Phi) is 6.61. The fraction of sp³-hybridized carbons (Fsp3) is 0.483. The van der Waals surface area contributed by atoms with Gasteiger partial charge in [0, 0.05) is 43.6 Å². The number of piperidine rings is 1. The van der Waals surface area contributed by atoms with E-state index >= 15 is 0 Å². The van der Waals surface area contributed by atoms with Crippen LogP contribution in [0.3, 0.4) is 0 Å². The van der Waals surface area contributed by atoms with Gasteiger partial charge in [-0.1, -0.05) is 24.6 Å². The smallest absolute Gasteiger partial charge is 0.416 e. The Morgan fingerprint density at radius 2 is 1.72 bits per heavy atom. The zero-order chi connectivity index (χ0) is 27.3. The van der Waals surface area contributed by atoms with Crippen LogP contribution in [0.2, 0.25) is 0 Å². The highest BCUT2D eigenvalue weighted by Gasteiger charge is 2.43. The van der Waals surface area contributed by atoms with Gasteiger partial charge in [0.25, 0.3) is 5.91 Å². The van der Waals surface area contributed by atoms with Crippen LogP contribution in [0.15, 0.2) is 42.5 Å². The molecule has 1 N–H and O–H groups in total. The van der Waals surface area contributed by atoms with Gasteiger partial charge in [-0.05, 0) is 61.1 Å². The molecular weight excluding hydrogens is 511 g/mol. The predicted molar refractivity (Wildman–Crippen MR) is 135 cm³/mol. The Morgan fingerprint density at radius 1 is 0.949 bits per heavy atom. The lowest BCUT2D eigenvalue weighted by Crippen LogP contribution is -2.57. The highest BCUT2D eigenvalue weighted by molar-refractivity contribution is 6.05. The van der Waals surface area contributed by atoms with Crippen molar-refractivity contribution in [1.29, 1.82) is 0 Å². The number of nitrogens with zero attached hydrogens (tertiary/aromatic N) is 2. The van der Waals surface area contributed by atoms with Crippen LogP contribution in [0.1, 0.15) is 71.5 Å². The molecule has 6 rings (SSSR count). The van der Waals surface area contributed by atoms with Crippen molar-refractivity contribution in [3.8, 4) is 5.75 Å². The van der Waals surface area contributed by atoms with Crippen LogP contribution in [0.5, 0.6) is 5.75 Å². The molecule has 1 aliphatic carbocycles. The van der Waals surface area contributed by atoms with Crippen LogP contribution in [0.25, 0.3) is 0 Å². The second-order valence-electron chi connectivity index (χ2n) is 11.0. The average molecular weight is 542 g/mol. The standard InChI is InChI=1S/C29H30F3N3O4/c30-29(31,32)22-6-2-1-5-20(22)18-14-34(15-18)23-7-3-4-8-25(23)39-19-9-10-21-17(13-19)16-35(28(21)38)24-11-12-26(36)33-27(24)37/h1-2,5-6,9-10,13,18,23-25H,3-4,7-8,11-12,14-16H2,(H,33,36,37). The summed E-state index contributed by atoms with van der Waals surface area (Å²) in [5, 5.41) is 2.31. The summed E-state index contributed by atoms with van der Waals surface area (Å²) >= 11 is 0. The number of carbonyl (C=O) groups is 3. The first-order valence-corrected chi connectivity index (χ1v) is 13.5. The Bertz CT molecular complexity index is 1310. The Hall–Kier alpha value is -3.40. The van der Waals surface area contributed by atoms with Crippen LogP contribution in [-0.4, -0.2) is 58.8 Å². The lowest BCUT2D eigenvalue weighted by Gasteiger charge is -2.49. The van der Waals surface area contributed by atoms with Gasteiger partial charge in [0.05, 0.1) is 5.56 Å². The predicted octanol–water partition coefficient (Wildman–Crippen LogP) is 4.26. The summed E-state index contributed by atoms with van der Waals surface area (Å²) in [5.74, 6) is -0.513. The van der Waals surface area contributed by atoms with E-state index in [1.165, 1.54) is 11.0 Å². The fourth-order valence-electron chi connectivity index (χ4n) is 6.52. The van der Waals surface area contributed by atoms with E-state index in [9.17, 15) is 27.6 Å². The molecule has 1 saturated carbocycles. The van der Waals surface area contributed by atoms with Gasteiger partial charge in [-0.2, -0.15) is 13.2 Å². The number of ether oxygens (including phenoxy) is 1. The molecule has 3 unspecified atom stereocenters. The lowest BCUT2D eigenvalue weighted by atomic mass is 9.83. The second kappa shape index (κ2) is 9.97. The molecular formula is C29H30F3N3O4. The van der Waals surface area contributed by atoms with E-state index in [-0.39, 0.29) is 42.8 Å². The number of fused-ring (bicyclic) bond motifs is 1. The highest BCUT2D eigenvalue weighted by atomic mass is 19.4. The van der Waals surface area contributed by atoms with Crippen molar-refractivity contribution in [3.05, 3.63) is 64.7 Å². The number of amides is 3. The van der Waals surface area contributed by atoms with Crippen LogP contribution < -0.4 is 10.1 Å². The molecule has 3 heterocycles.